The van der Waals surface area contributed by atoms with E-state index in [9.17, 15) is 0 Å². The normalized spacial score (nSPS) is 12.6. The first kappa shape index (κ1) is 15.5. The zero-order valence-electron chi connectivity index (χ0n) is 13.0. The number of ether oxygens (including phenoxy) is 1. The van der Waals surface area contributed by atoms with Crippen LogP contribution in [0.4, 0.5) is 0 Å². The van der Waals surface area contributed by atoms with Gasteiger partial charge < -0.3 is 10.5 Å². The molecule has 0 saturated heterocycles. The number of nitrogens with zero attached hydrogens (tertiary/aromatic N) is 3. The Morgan fingerprint density at radius 3 is 2.86 bits per heavy atom. The number of nitrogens with two attached hydrogens (primary N) is 1. The van der Waals surface area contributed by atoms with Crippen molar-refractivity contribution in [1.29, 1.82) is 0 Å². The summed E-state index contributed by atoms with van der Waals surface area (Å²) in [5, 5.41) is 4.21. The van der Waals surface area contributed by atoms with E-state index >= 15 is 0 Å². The van der Waals surface area contributed by atoms with E-state index in [0.717, 1.165) is 24.4 Å². The highest BCUT2D eigenvalue weighted by atomic mass is 16.5. The Kier molecular flexibility index (Phi) is 5.33. The lowest BCUT2D eigenvalue weighted by Crippen LogP contribution is -2.21. The highest BCUT2D eigenvalue weighted by molar-refractivity contribution is 5.29. The Labute approximate surface area is 126 Å². The summed E-state index contributed by atoms with van der Waals surface area (Å²) in [5.74, 6) is 1.68. The van der Waals surface area contributed by atoms with Gasteiger partial charge in [0, 0.05) is 12.1 Å². The molecule has 114 valence electrons. The standard InChI is InChI=1S/C16H24N4O/c1-4-14(17)8-13-6-5-7-15(9-13)21-10-16-18-11-19-20(16)12(2)3/h5-7,9,11-12,14H,4,8,10,17H2,1-3H3. The molecule has 21 heavy (non-hydrogen) atoms. The first-order chi connectivity index (χ1) is 10.1. The number of hydrogen-bond acceptors (Lipinski definition) is 4. The predicted molar refractivity (Wildman–Crippen MR) is 83.2 cm³/mol. The van der Waals surface area contributed by atoms with E-state index in [1.807, 2.05) is 22.9 Å². The molecule has 0 saturated carbocycles. The van der Waals surface area contributed by atoms with Crippen LogP contribution in [0, 0.1) is 0 Å². The summed E-state index contributed by atoms with van der Waals surface area (Å²) in [5.41, 5.74) is 7.20. The molecule has 2 aromatic rings. The van der Waals surface area contributed by atoms with Crippen molar-refractivity contribution in [3.63, 3.8) is 0 Å². The molecule has 1 aromatic carbocycles. The van der Waals surface area contributed by atoms with Gasteiger partial charge in [0.25, 0.3) is 0 Å². The number of aromatic nitrogens is 3. The largest absolute Gasteiger partial charge is 0.486 e. The Morgan fingerprint density at radius 1 is 1.33 bits per heavy atom. The summed E-state index contributed by atoms with van der Waals surface area (Å²) in [6.45, 7) is 6.67. The topological polar surface area (TPSA) is 66.0 Å². The van der Waals surface area contributed by atoms with Gasteiger partial charge in [-0.3, -0.25) is 0 Å². The lowest BCUT2D eigenvalue weighted by molar-refractivity contribution is 0.282. The van der Waals surface area contributed by atoms with Crippen molar-refractivity contribution >= 4 is 0 Å². The van der Waals surface area contributed by atoms with E-state index in [2.05, 4.69) is 36.9 Å². The molecule has 2 rings (SSSR count). The van der Waals surface area contributed by atoms with Crippen LogP contribution in [0.2, 0.25) is 0 Å². The molecular formula is C16H24N4O. The molecule has 0 bridgehead atoms. The van der Waals surface area contributed by atoms with Gasteiger partial charge in [0.05, 0.1) is 0 Å². The van der Waals surface area contributed by atoms with Crippen LogP contribution in [0.5, 0.6) is 5.75 Å². The van der Waals surface area contributed by atoms with Crippen LogP contribution in [0.25, 0.3) is 0 Å². The molecule has 0 fully saturated rings. The van der Waals surface area contributed by atoms with Crippen LogP contribution in [0.1, 0.15) is 44.6 Å². The highest BCUT2D eigenvalue weighted by Gasteiger charge is 2.08. The molecule has 2 N–H and O–H groups in total. The summed E-state index contributed by atoms with van der Waals surface area (Å²) in [4.78, 5) is 4.24. The maximum atomic E-state index is 6.00. The van der Waals surface area contributed by atoms with Crippen molar-refractivity contribution in [3.8, 4) is 5.75 Å². The summed E-state index contributed by atoms with van der Waals surface area (Å²) in [6.07, 6.45) is 3.41. The molecule has 0 spiro atoms. The molecule has 1 atom stereocenters. The van der Waals surface area contributed by atoms with Gasteiger partial charge in [-0.15, -0.1) is 0 Å². The summed E-state index contributed by atoms with van der Waals surface area (Å²) in [6, 6.07) is 8.56. The van der Waals surface area contributed by atoms with Gasteiger partial charge in [-0.25, -0.2) is 9.67 Å². The van der Waals surface area contributed by atoms with E-state index in [1.165, 1.54) is 5.56 Å². The fourth-order valence-corrected chi connectivity index (χ4v) is 2.17. The molecule has 1 aromatic heterocycles. The van der Waals surface area contributed by atoms with Gasteiger partial charge in [0.15, 0.2) is 5.82 Å². The number of benzene rings is 1. The third kappa shape index (κ3) is 4.29. The summed E-state index contributed by atoms with van der Waals surface area (Å²) in [7, 11) is 0. The van der Waals surface area contributed by atoms with Crippen LogP contribution >= 0.6 is 0 Å². The number of rotatable bonds is 7. The molecule has 0 amide bonds. The Hall–Kier alpha value is -1.88. The van der Waals surface area contributed by atoms with Gasteiger partial charge in [0.1, 0.15) is 18.7 Å². The van der Waals surface area contributed by atoms with Crippen LogP contribution < -0.4 is 10.5 Å². The van der Waals surface area contributed by atoms with Gasteiger partial charge in [-0.1, -0.05) is 19.1 Å². The van der Waals surface area contributed by atoms with E-state index in [1.54, 1.807) is 6.33 Å². The second kappa shape index (κ2) is 7.22. The third-order valence-electron chi connectivity index (χ3n) is 3.43. The van der Waals surface area contributed by atoms with Crippen LogP contribution in [0.15, 0.2) is 30.6 Å². The van der Waals surface area contributed by atoms with Crippen molar-refractivity contribution in [3.05, 3.63) is 42.0 Å². The molecular weight excluding hydrogens is 264 g/mol. The highest BCUT2D eigenvalue weighted by Crippen LogP contribution is 2.17. The minimum Gasteiger partial charge on any atom is -0.486 e. The van der Waals surface area contributed by atoms with E-state index in [0.29, 0.717) is 6.61 Å². The van der Waals surface area contributed by atoms with Crippen molar-refractivity contribution in [2.75, 3.05) is 0 Å². The fraction of sp³-hybridized carbons (Fsp3) is 0.500. The number of hydrogen-bond donors (Lipinski definition) is 1. The quantitative estimate of drug-likeness (QED) is 0.850. The van der Waals surface area contributed by atoms with E-state index < -0.39 is 0 Å². The van der Waals surface area contributed by atoms with Gasteiger partial charge in [-0.05, 0) is 44.4 Å². The second-order valence-electron chi connectivity index (χ2n) is 5.52. The van der Waals surface area contributed by atoms with Crippen molar-refractivity contribution in [2.24, 2.45) is 5.73 Å². The summed E-state index contributed by atoms with van der Waals surface area (Å²) >= 11 is 0. The van der Waals surface area contributed by atoms with Crippen molar-refractivity contribution < 1.29 is 4.74 Å². The van der Waals surface area contributed by atoms with E-state index in [4.69, 9.17) is 10.5 Å². The maximum absolute atomic E-state index is 6.00. The van der Waals surface area contributed by atoms with E-state index in [-0.39, 0.29) is 12.1 Å². The predicted octanol–water partition coefficient (Wildman–Crippen LogP) is 2.72. The molecule has 0 aliphatic carbocycles. The maximum Gasteiger partial charge on any atom is 0.165 e. The second-order valence-corrected chi connectivity index (χ2v) is 5.52. The minimum absolute atomic E-state index is 0.198. The molecule has 0 aliphatic rings. The molecule has 5 nitrogen and oxygen atoms in total. The average molecular weight is 288 g/mol. The zero-order chi connectivity index (χ0) is 15.2. The summed E-state index contributed by atoms with van der Waals surface area (Å²) < 4.78 is 7.70. The van der Waals surface area contributed by atoms with Crippen molar-refractivity contribution in [2.45, 2.75) is 52.3 Å². The Bertz CT molecular complexity index is 565. The fourth-order valence-electron chi connectivity index (χ4n) is 2.17. The van der Waals surface area contributed by atoms with Crippen molar-refractivity contribution in [1.82, 2.24) is 14.8 Å². The first-order valence-corrected chi connectivity index (χ1v) is 7.45. The molecule has 5 heteroatoms. The van der Waals surface area contributed by atoms with Crippen LogP contribution in [-0.2, 0) is 13.0 Å². The Balaban J connectivity index is 2.00. The lowest BCUT2D eigenvalue weighted by atomic mass is 10.0. The average Bonchev–Trinajstić information content (AvgIpc) is 2.94. The first-order valence-electron chi connectivity index (χ1n) is 7.45. The van der Waals surface area contributed by atoms with Crippen LogP contribution in [-0.4, -0.2) is 20.8 Å². The minimum atomic E-state index is 0.198. The molecule has 1 heterocycles. The molecule has 0 radical (unpaired) electrons. The molecule has 1 unspecified atom stereocenters. The lowest BCUT2D eigenvalue weighted by Gasteiger charge is -2.12. The van der Waals surface area contributed by atoms with Gasteiger partial charge in [0.2, 0.25) is 0 Å². The van der Waals surface area contributed by atoms with Gasteiger partial charge >= 0.3 is 0 Å². The monoisotopic (exact) mass is 288 g/mol. The SMILES string of the molecule is CCC(N)Cc1cccc(OCc2ncnn2C(C)C)c1. The zero-order valence-corrected chi connectivity index (χ0v) is 13.0. The molecule has 0 aliphatic heterocycles. The smallest absolute Gasteiger partial charge is 0.165 e. The van der Waals surface area contributed by atoms with Gasteiger partial charge in [-0.2, -0.15) is 5.10 Å². The third-order valence-corrected chi connectivity index (χ3v) is 3.43. The van der Waals surface area contributed by atoms with Crippen LogP contribution in [0.3, 0.4) is 0 Å². The Morgan fingerprint density at radius 2 is 2.14 bits per heavy atom.